The molecule has 0 fully saturated rings. The maximum Gasteiger partial charge on any atom is 0.264 e. The number of anilines is 2. The van der Waals surface area contributed by atoms with Crippen LogP contribution in [0.5, 0.6) is 0 Å². The Kier molecular flexibility index (Phi) is 7.28. The van der Waals surface area contributed by atoms with Crippen molar-refractivity contribution in [3.8, 4) is 0 Å². The summed E-state index contributed by atoms with van der Waals surface area (Å²) in [5.41, 5.74) is 1.34. The number of hydrogen-bond acceptors (Lipinski definition) is 6. The number of carbonyl (C=O) groups excluding carboxylic acids is 2. The highest BCUT2D eigenvalue weighted by atomic mass is 32.2. The molecule has 3 N–H and O–H groups in total. The van der Waals surface area contributed by atoms with Crippen molar-refractivity contribution >= 4 is 33.5 Å². The Morgan fingerprint density at radius 2 is 1.52 bits per heavy atom. The summed E-state index contributed by atoms with van der Waals surface area (Å²) < 4.78 is 27.0. The number of benzene rings is 2. The molecule has 0 unspecified atom stereocenters. The topological polar surface area (TPSA) is 130 Å². The van der Waals surface area contributed by atoms with Crippen LogP contribution in [-0.4, -0.2) is 36.7 Å². The molecule has 0 radical (unpaired) electrons. The Labute approximate surface area is 180 Å². The summed E-state index contributed by atoms with van der Waals surface area (Å²) in [6.07, 6.45) is 3.19. The number of sulfonamides is 1. The molecule has 0 aliphatic carbocycles. The molecule has 0 bridgehead atoms. The van der Waals surface area contributed by atoms with Gasteiger partial charge in [0.15, 0.2) is 0 Å². The van der Waals surface area contributed by atoms with Gasteiger partial charge in [-0.05, 0) is 35.9 Å². The molecule has 1 aromatic heterocycles. The highest BCUT2D eigenvalue weighted by Gasteiger charge is 2.15. The molecule has 2 aromatic carbocycles. The second kappa shape index (κ2) is 10.3. The molecule has 0 saturated heterocycles. The van der Waals surface area contributed by atoms with Gasteiger partial charge in [0.2, 0.25) is 17.8 Å². The predicted molar refractivity (Wildman–Crippen MR) is 116 cm³/mol. The smallest absolute Gasteiger partial charge is 0.264 e. The van der Waals surface area contributed by atoms with E-state index in [-0.39, 0.29) is 42.0 Å². The summed E-state index contributed by atoms with van der Waals surface area (Å²) in [4.78, 5) is 31.6. The van der Waals surface area contributed by atoms with E-state index in [1.54, 1.807) is 6.07 Å². The van der Waals surface area contributed by atoms with E-state index in [2.05, 4.69) is 25.3 Å². The SMILES string of the molecule is O=C(Cc1ccccc1)NCCC(=O)Nc1ccc(S(=O)(=O)Nc2ncccn2)cc1. The van der Waals surface area contributed by atoms with Crippen LogP contribution in [0.2, 0.25) is 0 Å². The first-order valence-electron chi connectivity index (χ1n) is 9.43. The van der Waals surface area contributed by atoms with Gasteiger partial charge in [-0.3, -0.25) is 9.59 Å². The molecule has 2 amide bonds. The van der Waals surface area contributed by atoms with Gasteiger partial charge in [-0.25, -0.2) is 23.1 Å². The fraction of sp³-hybridized carbons (Fsp3) is 0.143. The van der Waals surface area contributed by atoms with Crippen LogP contribution < -0.4 is 15.4 Å². The highest BCUT2D eigenvalue weighted by molar-refractivity contribution is 7.92. The van der Waals surface area contributed by atoms with Gasteiger partial charge in [-0.2, -0.15) is 0 Å². The van der Waals surface area contributed by atoms with Crippen LogP contribution in [0.4, 0.5) is 11.6 Å². The first kappa shape index (κ1) is 21.9. The average Bonchev–Trinajstić information content (AvgIpc) is 2.75. The zero-order valence-electron chi connectivity index (χ0n) is 16.5. The van der Waals surface area contributed by atoms with Crippen molar-refractivity contribution in [3.63, 3.8) is 0 Å². The molecule has 9 nitrogen and oxygen atoms in total. The zero-order chi connectivity index (χ0) is 22.1. The molecule has 3 rings (SSSR count). The number of hydrogen-bond donors (Lipinski definition) is 3. The fourth-order valence-electron chi connectivity index (χ4n) is 2.63. The molecular formula is C21H21N5O4S. The molecule has 0 aliphatic rings. The van der Waals surface area contributed by atoms with E-state index < -0.39 is 10.0 Å². The van der Waals surface area contributed by atoms with Gasteiger partial charge in [0.05, 0.1) is 11.3 Å². The van der Waals surface area contributed by atoms with E-state index in [0.717, 1.165) is 5.56 Å². The van der Waals surface area contributed by atoms with Crippen LogP contribution >= 0.6 is 0 Å². The van der Waals surface area contributed by atoms with E-state index in [0.29, 0.717) is 5.69 Å². The average molecular weight is 439 g/mol. The van der Waals surface area contributed by atoms with Gasteiger partial charge in [0.25, 0.3) is 10.0 Å². The summed E-state index contributed by atoms with van der Waals surface area (Å²) in [6, 6.07) is 16.6. The number of nitrogens with one attached hydrogen (secondary N) is 3. The van der Waals surface area contributed by atoms with Gasteiger partial charge >= 0.3 is 0 Å². The maximum absolute atomic E-state index is 12.4. The third-order valence-electron chi connectivity index (χ3n) is 4.12. The van der Waals surface area contributed by atoms with Crippen molar-refractivity contribution in [2.75, 3.05) is 16.6 Å². The van der Waals surface area contributed by atoms with E-state index in [1.807, 2.05) is 30.3 Å². The molecule has 160 valence electrons. The van der Waals surface area contributed by atoms with E-state index in [9.17, 15) is 18.0 Å². The Morgan fingerprint density at radius 3 is 2.19 bits per heavy atom. The molecular weight excluding hydrogens is 418 g/mol. The van der Waals surface area contributed by atoms with E-state index in [1.165, 1.54) is 36.7 Å². The van der Waals surface area contributed by atoms with Crippen molar-refractivity contribution < 1.29 is 18.0 Å². The molecule has 0 saturated carbocycles. The Bertz CT molecular complexity index is 1120. The Hall–Kier alpha value is -3.79. The summed E-state index contributed by atoms with van der Waals surface area (Å²) in [5.74, 6) is -0.496. The molecule has 3 aromatic rings. The summed E-state index contributed by atoms with van der Waals surface area (Å²) in [7, 11) is -3.84. The van der Waals surface area contributed by atoms with Crippen LogP contribution in [0, 0.1) is 0 Å². The quantitative estimate of drug-likeness (QED) is 0.467. The van der Waals surface area contributed by atoms with Gasteiger partial charge < -0.3 is 10.6 Å². The number of rotatable bonds is 9. The molecule has 0 spiro atoms. The molecule has 1 heterocycles. The minimum atomic E-state index is -3.84. The monoisotopic (exact) mass is 439 g/mol. The number of carbonyl (C=O) groups is 2. The van der Waals surface area contributed by atoms with Crippen molar-refractivity contribution in [3.05, 3.63) is 78.6 Å². The van der Waals surface area contributed by atoms with Gasteiger partial charge in [-0.1, -0.05) is 30.3 Å². The van der Waals surface area contributed by atoms with Gasteiger partial charge in [-0.15, -0.1) is 0 Å². The number of aromatic nitrogens is 2. The number of nitrogens with zero attached hydrogens (tertiary/aromatic N) is 2. The lowest BCUT2D eigenvalue weighted by Crippen LogP contribution is -2.28. The first-order chi connectivity index (χ1) is 14.9. The molecule has 0 aliphatic heterocycles. The lowest BCUT2D eigenvalue weighted by Gasteiger charge is -2.09. The van der Waals surface area contributed by atoms with E-state index >= 15 is 0 Å². The van der Waals surface area contributed by atoms with Crippen LogP contribution in [0.1, 0.15) is 12.0 Å². The summed E-state index contributed by atoms with van der Waals surface area (Å²) in [5, 5.41) is 5.36. The van der Waals surface area contributed by atoms with Crippen molar-refractivity contribution in [2.45, 2.75) is 17.7 Å². The van der Waals surface area contributed by atoms with Gasteiger partial charge in [0, 0.05) is 31.0 Å². The van der Waals surface area contributed by atoms with Crippen LogP contribution in [0.3, 0.4) is 0 Å². The second-order valence-electron chi connectivity index (χ2n) is 6.51. The highest BCUT2D eigenvalue weighted by Crippen LogP contribution is 2.16. The van der Waals surface area contributed by atoms with Crippen LogP contribution in [0.15, 0.2) is 78.0 Å². The Balaban J connectivity index is 1.46. The van der Waals surface area contributed by atoms with Crippen molar-refractivity contribution in [1.82, 2.24) is 15.3 Å². The standard InChI is InChI=1S/C21H21N5O4S/c27-19(11-14-22-20(28)15-16-5-2-1-3-6-16)25-17-7-9-18(10-8-17)31(29,30)26-21-23-12-4-13-24-21/h1-10,12-13H,11,14-15H2,(H,22,28)(H,25,27)(H,23,24,26). The summed E-state index contributed by atoms with van der Waals surface area (Å²) >= 11 is 0. The zero-order valence-corrected chi connectivity index (χ0v) is 17.3. The lowest BCUT2D eigenvalue weighted by molar-refractivity contribution is -0.120. The minimum Gasteiger partial charge on any atom is -0.355 e. The maximum atomic E-state index is 12.4. The normalized spacial score (nSPS) is 10.8. The predicted octanol–water partition coefficient (Wildman–Crippen LogP) is 1.96. The van der Waals surface area contributed by atoms with Gasteiger partial charge in [0.1, 0.15) is 0 Å². The van der Waals surface area contributed by atoms with Crippen LogP contribution in [0.25, 0.3) is 0 Å². The largest absolute Gasteiger partial charge is 0.355 e. The fourth-order valence-corrected chi connectivity index (χ4v) is 3.59. The second-order valence-corrected chi connectivity index (χ2v) is 8.20. The van der Waals surface area contributed by atoms with Crippen LogP contribution in [-0.2, 0) is 26.0 Å². The third-order valence-corrected chi connectivity index (χ3v) is 5.47. The molecule has 31 heavy (non-hydrogen) atoms. The first-order valence-corrected chi connectivity index (χ1v) is 10.9. The van der Waals surface area contributed by atoms with E-state index in [4.69, 9.17) is 0 Å². The third kappa shape index (κ3) is 6.89. The molecule has 0 atom stereocenters. The van der Waals surface area contributed by atoms with Crippen molar-refractivity contribution in [2.24, 2.45) is 0 Å². The number of amides is 2. The summed E-state index contributed by atoms with van der Waals surface area (Å²) in [6.45, 7) is 0.199. The van der Waals surface area contributed by atoms with Crippen molar-refractivity contribution in [1.29, 1.82) is 0 Å². The lowest BCUT2D eigenvalue weighted by atomic mass is 10.1. The Morgan fingerprint density at radius 1 is 0.839 bits per heavy atom. The minimum absolute atomic E-state index is 0.00567. The molecule has 10 heteroatoms.